The summed E-state index contributed by atoms with van der Waals surface area (Å²) < 4.78 is 38.6. The molecule has 2 aliphatic rings. The number of ether oxygens (including phenoxy) is 2. The average Bonchev–Trinajstić information content (AvgIpc) is 4.07. The van der Waals surface area contributed by atoms with Crippen molar-refractivity contribution >= 4 is 79.6 Å². The van der Waals surface area contributed by atoms with Gasteiger partial charge in [0, 0.05) is 65.9 Å². The predicted molar refractivity (Wildman–Crippen MR) is 315 cm³/mol. The van der Waals surface area contributed by atoms with E-state index in [0.29, 0.717) is 34.4 Å². The second-order valence-corrected chi connectivity index (χ2v) is 19.4. The minimum atomic E-state index is -3.77. The summed E-state index contributed by atoms with van der Waals surface area (Å²) in [5, 5.41) is 8.74. The Morgan fingerprint density at radius 2 is 0.877 bits per heavy atom. The number of fused-ring (bicyclic) bond motifs is 2. The molecule has 2 aromatic heterocycles. The van der Waals surface area contributed by atoms with E-state index in [9.17, 15) is 8.42 Å². The summed E-state index contributed by atoms with van der Waals surface area (Å²) in [5.41, 5.74) is 7.19. The van der Waals surface area contributed by atoms with Crippen LogP contribution in [0.1, 0.15) is 0 Å². The molecule has 0 unspecified atom stereocenters. The van der Waals surface area contributed by atoms with Crippen LogP contribution in [0.4, 0.5) is 57.1 Å². The summed E-state index contributed by atoms with van der Waals surface area (Å²) in [6, 6.07) is 76.3. The van der Waals surface area contributed by atoms with Gasteiger partial charge in [-0.15, -0.1) is 11.4 Å². The van der Waals surface area contributed by atoms with Crippen LogP contribution in [-0.4, -0.2) is 45.2 Å². The van der Waals surface area contributed by atoms with Crippen LogP contribution in [0, 0.1) is 25.5 Å². The summed E-state index contributed by atoms with van der Waals surface area (Å²) in [6.07, 6.45) is 6.60. The molecule has 0 spiro atoms. The third-order valence-corrected chi connectivity index (χ3v) is 13.7. The molecule has 8 aromatic carbocycles. The fourth-order valence-corrected chi connectivity index (χ4v) is 9.35. The molecule has 10 aromatic rings. The van der Waals surface area contributed by atoms with Gasteiger partial charge in [0.25, 0.3) is 0 Å². The van der Waals surface area contributed by atoms with E-state index in [1.54, 1.807) is 48.5 Å². The molecule has 81 heavy (non-hydrogen) atoms. The third-order valence-electron chi connectivity index (χ3n) is 11.9. The standard InChI is InChI=1S/C38H28N4O4S.2C13H11N3.2Pt/c43-47(44,37-21-17-33(18-22-37)45-35-15-7-13-31(25-35)41-27-39-29-9-3-1-4-10-29)38-23-19-34(20-24-38)46-36-16-8-14-32(26-36)42-28-40-30-11-5-2-6-12-30;2*1-15-10-16(11-6-3-2-4-7-11)13-12(15)8-5-9-14-13;;/h1-28H;2*2-6,8-10H,1H3;;/q3*-2;;. The molecule has 0 saturated carbocycles. The van der Waals surface area contributed by atoms with Gasteiger partial charge in [0.05, 0.1) is 9.79 Å². The van der Waals surface area contributed by atoms with Crippen LogP contribution >= 0.6 is 0 Å². The number of hydrogen-bond acceptors (Lipinski definition) is 12. The van der Waals surface area contributed by atoms with Crippen LogP contribution in [0.2, 0.25) is 0 Å². The van der Waals surface area contributed by atoms with E-state index in [-0.39, 0.29) is 51.9 Å². The summed E-state index contributed by atoms with van der Waals surface area (Å²) in [6.45, 7) is 4.03. The number of benzene rings is 8. The number of aromatic nitrogens is 2. The molecular formula is C64H50N10O4Pt2S-6. The van der Waals surface area contributed by atoms with Crippen molar-refractivity contribution in [1.82, 2.24) is 9.97 Å². The summed E-state index contributed by atoms with van der Waals surface area (Å²) in [4.78, 5) is 25.9. The molecule has 0 radical (unpaired) electrons. The largest absolute Gasteiger partial charge is 0.502 e. The first kappa shape index (κ1) is 58.3. The monoisotopic (exact) mass is 1440 g/mol. The predicted octanol–water partition coefficient (Wildman–Crippen LogP) is 16.0. The first-order valence-electron chi connectivity index (χ1n) is 24.9. The number of anilines is 6. The Morgan fingerprint density at radius 1 is 0.469 bits per heavy atom. The molecule has 17 heteroatoms. The molecule has 14 nitrogen and oxygen atoms in total. The Kier molecular flexibility index (Phi) is 20.4. The zero-order valence-corrected chi connectivity index (χ0v) is 48.9. The molecule has 0 atom stereocenters. The maximum atomic E-state index is 13.3. The number of pyridine rings is 2. The normalized spacial score (nSPS) is 12.2. The molecule has 0 aliphatic carbocycles. The van der Waals surface area contributed by atoms with Crippen LogP contribution in [0.5, 0.6) is 23.0 Å². The van der Waals surface area contributed by atoms with E-state index in [1.165, 1.54) is 36.9 Å². The third kappa shape index (κ3) is 15.3. The van der Waals surface area contributed by atoms with Gasteiger partial charge in [-0.25, -0.2) is 18.4 Å². The molecule has 0 fully saturated rings. The van der Waals surface area contributed by atoms with Crippen molar-refractivity contribution in [3.63, 3.8) is 0 Å². The second-order valence-electron chi connectivity index (χ2n) is 17.4. The first-order valence-corrected chi connectivity index (χ1v) is 26.4. The summed E-state index contributed by atoms with van der Waals surface area (Å²) in [7, 11) is 0.266. The Balaban J connectivity index is 0.000000204. The molecule has 0 saturated heterocycles. The van der Waals surface area contributed by atoms with Gasteiger partial charge in [-0.1, -0.05) is 97.6 Å². The zero-order chi connectivity index (χ0) is 54.2. The van der Waals surface area contributed by atoms with E-state index in [4.69, 9.17) is 9.47 Å². The van der Waals surface area contributed by atoms with Crippen LogP contribution in [0.25, 0.3) is 10.6 Å². The maximum absolute atomic E-state index is 13.3. The number of hydrogen-bond donors (Lipinski definition) is 0. The van der Waals surface area contributed by atoms with Gasteiger partial charge in [0.15, 0.2) is 0 Å². The van der Waals surface area contributed by atoms with Gasteiger partial charge in [-0.3, -0.25) is 0 Å². The van der Waals surface area contributed by atoms with Gasteiger partial charge in [-0.05, 0) is 134 Å². The summed E-state index contributed by atoms with van der Waals surface area (Å²) in [5.74, 6) is 4.00. The van der Waals surface area contributed by atoms with Crippen molar-refractivity contribution in [1.29, 1.82) is 0 Å². The van der Waals surface area contributed by atoms with Gasteiger partial charge in [-0.2, -0.15) is 74.0 Å². The van der Waals surface area contributed by atoms with Crippen LogP contribution in [0.15, 0.2) is 263 Å². The molecule has 0 N–H and O–H groups in total. The van der Waals surface area contributed by atoms with Gasteiger partial charge >= 0.3 is 0 Å². The quantitative estimate of drug-likeness (QED) is 0.0586. The number of para-hydroxylation sites is 4. The minimum Gasteiger partial charge on any atom is -0.502 e. The van der Waals surface area contributed by atoms with E-state index >= 15 is 0 Å². The molecule has 2 aliphatic heterocycles. The number of rotatable bonds is 14. The maximum Gasteiger partial charge on any atom is 0.206 e. The zero-order valence-electron chi connectivity index (χ0n) is 43.5. The van der Waals surface area contributed by atoms with Crippen molar-refractivity contribution in [2.75, 3.05) is 33.7 Å². The second kappa shape index (κ2) is 28.3. The SMILES string of the molecule is CN1[CH-]N(c2[c-]cccc2)c2ncccc21.CN1[CH-]N(c2[c-]cccc2)c2ncccc21.O=S(=O)(c1ccc(Oc2cccc([N-]C=Nc3ccccc3)c2)cc1)c1ccc(Oc2cccc([N-]C=Nc3ccccc3)c2)cc1.[Pt].[Pt]. The Hall–Kier alpha value is -8.87. The smallest absolute Gasteiger partial charge is 0.206 e. The summed E-state index contributed by atoms with van der Waals surface area (Å²) >= 11 is 0. The van der Waals surface area contributed by atoms with Crippen molar-refractivity contribution in [2.45, 2.75) is 9.79 Å². The van der Waals surface area contributed by atoms with E-state index in [0.717, 1.165) is 45.8 Å². The Bertz CT molecular complexity index is 3520. The van der Waals surface area contributed by atoms with Crippen molar-refractivity contribution in [3.05, 3.63) is 279 Å². The average molecular weight is 1450 g/mol. The molecule has 4 heterocycles. The van der Waals surface area contributed by atoms with Crippen molar-refractivity contribution < 1.29 is 60.0 Å². The van der Waals surface area contributed by atoms with E-state index < -0.39 is 9.84 Å². The molecule has 0 amide bonds. The van der Waals surface area contributed by atoms with Gasteiger partial charge in [0.2, 0.25) is 9.84 Å². The Morgan fingerprint density at radius 3 is 1.27 bits per heavy atom. The fraction of sp³-hybridized carbons (Fsp3) is 0.0312. The molecule has 412 valence electrons. The molecule has 12 rings (SSSR count). The van der Waals surface area contributed by atoms with Crippen molar-refractivity contribution in [2.24, 2.45) is 9.98 Å². The first-order chi connectivity index (χ1) is 38.7. The number of sulfone groups is 1. The van der Waals surface area contributed by atoms with Crippen LogP contribution in [0.3, 0.4) is 0 Å². The van der Waals surface area contributed by atoms with Crippen LogP contribution < -0.4 is 29.1 Å². The fourth-order valence-electron chi connectivity index (χ4n) is 8.09. The topological polar surface area (TPSA) is 144 Å². The van der Waals surface area contributed by atoms with Crippen LogP contribution in [-0.2, 0) is 52.0 Å². The van der Waals surface area contributed by atoms with E-state index in [2.05, 4.69) is 64.7 Å². The minimum absolute atomic E-state index is 0. The molecule has 0 bridgehead atoms. The van der Waals surface area contributed by atoms with E-state index in [1.807, 2.05) is 195 Å². The van der Waals surface area contributed by atoms with Gasteiger partial charge in [0.1, 0.15) is 34.6 Å². The number of nitrogens with zero attached hydrogens (tertiary/aromatic N) is 10. The van der Waals surface area contributed by atoms with Crippen molar-refractivity contribution in [3.8, 4) is 23.0 Å². The Labute approximate surface area is 501 Å². The molecular weight excluding hydrogens is 1390 g/mol. The number of aliphatic imine (C=N–C) groups is 2. The van der Waals surface area contributed by atoms with Gasteiger partial charge < -0.3 is 49.7 Å².